The Labute approximate surface area is 181 Å². The molecule has 0 radical (unpaired) electrons. The van der Waals surface area contributed by atoms with Crippen LogP contribution in [0, 0.1) is 22.7 Å². The number of aromatic nitrogens is 2. The van der Waals surface area contributed by atoms with E-state index in [9.17, 15) is 10.5 Å². The SMILES string of the molecule is CCCCCCCCOc1ccc2c(c1)c1ccccc1c1nc(C#N)c(C#N)nc21. The molecule has 0 amide bonds. The van der Waals surface area contributed by atoms with Crippen molar-refractivity contribution in [2.24, 2.45) is 0 Å². The summed E-state index contributed by atoms with van der Waals surface area (Å²) in [4.78, 5) is 8.98. The Hall–Kier alpha value is -3.70. The maximum absolute atomic E-state index is 9.40. The minimum Gasteiger partial charge on any atom is -0.494 e. The third kappa shape index (κ3) is 4.13. The van der Waals surface area contributed by atoms with Crippen LogP contribution in [0.2, 0.25) is 0 Å². The summed E-state index contributed by atoms with van der Waals surface area (Å²) in [5.74, 6) is 0.827. The number of nitriles is 2. The topological polar surface area (TPSA) is 82.6 Å². The highest BCUT2D eigenvalue weighted by Gasteiger charge is 2.15. The molecule has 4 rings (SSSR count). The van der Waals surface area contributed by atoms with Gasteiger partial charge in [0.1, 0.15) is 17.9 Å². The van der Waals surface area contributed by atoms with Gasteiger partial charge in [0.2, 0.25) is 0 Å². The lowest BCUT2D eigenvalue weighted by Gasteiger charge is -2.12. The van der Waals surface area contributed by atoms with Crippen LogP contribution in [0.3, 0.4) is 0 Å². The summed E-state index contributed by atoms with van der Waals surface area (Å²) in [6.45, 7) is 2.93. The molecule has 3 aromatic carbocycles. The van der Waals surface area contributed by atoms with Crippen molar-refractivity contribution in [2.75, 3.05) is 6.61 Å². The number of hydrogen-bond acceptors (Lipinski definition) is 5. The number of ether oxygens (including phenoxy) is 1. The molecule has 4 aromatic rings. The molecule has 5 nitrogen and oxygen atoms in total. The average molecular weight is 409 g/mol. The zero-order chi connectivity index (χ0) is 21.6. The van der Waals surface area contributed by atoms with Crippen LogP contribution in [0.5, 0.6) is 5.75 Å². The smallest absolute Gasteiger partial charge is 0.177 e. The number of nitrogens with zero attached hydrogens (tertiary/aromatic N) is 4. The van der Waals surface area contributed by atoms with Gasteiger partial charge in [-0.25, -0.2) is 9.97 Å². The van der Waals surface area contributed by atoms with E-state index in [0.717, 1.165) is 33.7 Å². The average Bonchev–Trinajstić information content (AvgIpc) is 2.82. The normalized spacial score (nSPS) is 10.9. The Morgan fingerprint density at radius 2 is 1.35 bits per heavy atom. The minimum atomic E-state index is 0.0509. The molecule has 0 atom stereocenters. The van der Waals surface area contributed by atoms with Gasteiger partial charge in [0.05, 0.1) is 17.6 Å². The maximum Gasteiger partial charge on any atom is 0.177 e. The van der Waals surface area contributed by atoms with Crippen LogP contribution in [0.25, 0.3) is 32.6 Å². The zero-order valence-electron chi connectivity index (χ0n) is 17.7. The lowest BCUT2D eigenvalue weighted by molar-refractivity contribution is 0.305. The van der Waals surface area contributed by atoms with Crippen LogP contribution in [0.4, 0.5) is 0 Å². The van der Waals surface area contributed by atoms with Gasteiger partial charge in [-0.3, -0.25) is 0 Å². The Balaban J connectivity index is 1.72. The van der Waals surface area contributed by atoms with E-state index in [1.165, 1.54) is 32.1 Å². The van der Waals surface area contributed by atoms with Gasteiger partial charge in [-0.1, -0.05) is 63.3 Å². The molecule has 0 aliphatic rings. The molecule has 1 heterocycles. The van der Waals surface area contributed by atoms with Crippen molar-refractivity contribution in [2.45, 2.75) is 45.4 Å². The van der Waals surface area contributed by atoms with Gasteiger partial charge in [0.15, 0.2) is 11.4 Å². The number of rotatable bonds is 8. The van der Waals surface area contributed by atoms with Crippen LogP contribution in [0.15, 0.2) is 42.5 Å². The van der Waals surface area contributed by atoms with Gasteiger partial charge in [-0.15, -0.1) is 0 Å². The predicted octanol–water partition coefficient (Wildman–Crippen LogP) is 6.42. The number of benzene rings is 3. The van der Waals surface area contributed by atoms with E-state index in [0.29, 0.717) is 17.6 Å². The van der Waals surface area contributed by atoms with Gasteiger partial charge >= 0.3 is 0 Å². The van der Waals surface area contributed by atoms with Gasteiger partial charge in [0.25, 0.3) is 0 Å². The van der Waals surface area contributed by atoms with Crippen LogP contribution < -0.4 is 4.74 Å². The quantitative estimate of drug-likeness (QED) is 0.248. The van der Waals surface area contributed by atoms with Gasteiger partial charge < -0.3 is 4.74 Å². The predicted molar refractivity (Wildman–Crippen MR) is 123 cm³/mol. The maximum atomic E-state index is 9.40. The zero-order valence-corrected chi connectivity index (χ0v) is 17.7. The van der Waals surface area contributed by atoms with Crippen LogP contribution in [-0.4, -0.2) is 16.6 Å². The molecule has 0 fully saturated rings. The van der Waals surface area contributed by atoms with E-state index in [2.05, 4.69) is 16.9 Å². The largest absolute Gasteiger partial charge is 0.494 e. The lowest BCUT2D eigenvalue weighted by atomic mass is 9.99. The second-order valence-corrected chi connectivity index (χ2v) is 7.71. The van der Waals surface area contributed by atoms with Crippen molar-refractivity contribution in [3.05, 3.63) is 53.9 Å². The molecule has 0 spiro atoms. The molecule has 0 N–H and O–H groups in total. The van der Waals surface area contributed by atoms with Crippen molar-refractivity contribution in [3.8, 4) is 17.9 Å². The standard InChI is InChI=1S/C26H24N4O/c1-2-3-4-5-6-9-14-31-18-12-13-21-22(15-18)19-10-7-8-11-20(19)25-26(21)30-24(17-28)23(16-27)29-25/h7-8,10-13,15H,2-6,9,14H2,1H3. The molecule has 154 valence electrons. The highest BCUT2D eigenvalue weighted by molar-refractivity contribution is 6.23. The monoisotopic (exact) mass is 408 g/mol. The molecule has 0 saturated heterocycles. The summed E-state index contributed by atoms with van der Waals surface area (Å²) >= 11 is 0. The summed E-state index contributed by atoms with van der Waals surface area (Å²) in [7, 11) is 0. The molecule has 5 heteroatoms. The Morgan fingerprint density at radius 1 is 0.742 bits per heavy atom. The first kappa shape index (κ1) is 20.6. The number of fused-ring (bicyclic) bond motifs is 6. The van der Waals surface area contributed by atoms with E-state index in [1.807, 2.05) is 54.6 Å². The number of unbranched alkanes of at least 4 members (excludes halogenated alkanes) is 5. The van der Waals surface area contributed by atoms with Gasteiger partial charge in [0, 0.05) is 10.8 Å². The van der Waals surface area contributed by atoms with E-state index in [-0.39, 0.29) is 11.4 Å². The van der Waals surface area contributed by atoms with Gasteiger partial charge in [-0.2, -0.15) is 10.5 Å². The van der Waals surface area contributed by atoms with Crippen molar-refractivity contribution >= 4 is 32.6 Å². The molecule has 0 unspecified atom stereocenters. The van der Waals surface area contributed by atoms with Gasteiger partial charge in [-0.05, 0) is 35.4 Å². The highest BCUT2D eigenvalue weighted by atomic mass is 16.5. The highest BCUT2D eigenvalue weighted by Crippen LogP contribution is 2.35. The third-order valence-electron chi connectivity index (χ3n) is 5.59. The molecule has 31 heavy (non-hydrogen) atoms. The second kappa shape index (κ2) is 9.41. The summed E-state index contributed by atoms with van der Waals surface area (Å²) in [5, 5.41) is 22.6. The first-order valence-corrected chi connectivity index (χ1v) is 10.9. The first-order valence-electron chi connectivity index (χ1n) is 10.9. The summed E-state index contributed by atoms with van der Waals surface area (Å²) < 4.78 is 6.03. The van der Waals surface area contributed by atoms with Crippen molar-refractivity contribution in [1.82, 2.24) is 9.97 Å². The van der Waals surface area contributed by atoms with Crippen LogP contribution in [-0.2, 0) is 0 Å². The van der Waals surface area contributed by atoms with E-state index in [4.69, 9.17) is 4.74 Å². The molecular formula is C26H24N4O. The molecule has 0 bridgehead atoms. The molecule has 0 aliphatic carbocycles. The fourth-order valence-electron chi connectivity index (χ4n) is 4.01. The minimum absolute atomic E-state index is 0.0509. The van der Waals surface area contributed by atoms with Crippen LogP contribution in [0.1, 0.15) is 56.8 Å². The summed E-state index contributed by atoms with van der Waals surface area (Å²) in [6, 6.07) is 17.9. The molecule has 1 aromatic heterocycles. The van der Waals surface area contributed by atoms with Crippen molar-refractivity contribution in [1.29, 1.82) is 10.5 Å². The Kier molecular flexibility index (Phi) is 6.24. The van der Waals surface area contributed by atoms with Crippen LogP contribution >= 0.6 is 0 Å². The fourth-order valence-corrected chi connectivity index (χ4v) is 4.01. The second-order valence-electron chi connectivity index (χ2n) is 7.71. The molecule has 0 aliphatic heterocycles. The first-order chi connectivity index (χ1) is 15.3. The lowest BCUT2D eigenvalue weighted by Crippen LogP contribution is -1.99. The molecule has 0 saturated carbocycles. The van der Waals surface area contributed by atoms with E-state index < -0.39 is 0 Å². The summed E-state index contributed by atoms with van der Waals surface area (Å²) in [5.41, 5.74) is 1.37. The van der Waals surface area contributed by atoms with E-state index in [1.54, 1.807) is 0 Å². The molecular weight excluding hydrogens is 384 g/mol. The Bertz CT molecular complexity index is 1330. The Morgan fingerprint density at radius 3 is 2.03 bits per heavy atom. The summed E-state index contributed by atoms with van der Waals surface area (Å²) in [6.07, 6.45) is 7.36. The van der Waals surface area contributed by atoms with Crippen molar-refractivity contribution < 1.29 is 4.74 Å². The number of hydrogen-bond donors (Lipinski definition) is 0. The van der Waals surface area contributed by atoms with Crippen molar-refractivity contribution in [3.63, 3.8) is 0 Å². The van der Waals surface area contributed by atoms with E-state index >= 15 is 0 Å². The third-order valence-corrected chi connectivity index (χ3v) is 5.59. The fraction of sp³-hybridized carbons (Fsp3) is 0.308.